The first kappa shape index (κ1) is 24.6. The Morgan fingerprint density at radius 1 is 1.00 bits per heavy atom. The Bertz CT molecular complexity index is 904. The Kier molecular flexibility index (Phi) is 6.05. The summed E-state index contributed by atoms with van der Waals surface area (Å²) < 4.78 is 20.6. The van der Waals surface area contributed by atoms with Gasteiger partial charge in [-0.2, -0.15) is 0 Å². The molecule has 8 atom stereocenters. The number of methoxy groups -OCH3 is 1. The predicted octanol–water partition coefficient (Wildman–Crippen LogP) is 4.54. The van der Waals surface area contributed by atoms with E-state index in [0.29, 0.717) is 30.5 Å². The Hall–Kier alpha value is -0.780. The number of fused-ring (bicyclic) bond motifs is 5. The molecule has 5 aliphatic rings. The van der Waals surface area contributed by atoms with Crippen molar-refractivity contribution in [3.8, 4) is 0 Å². The van der Waals surface area contributed by atoms with Gasteiger partial charge in [0.05, 0.1) is 41.8 Å². The third kappa shape index (κ3) is 3.73. The van der Waals surface area contributed by atoms with E-state index in [2.05, 4.69) is 23.4 Å². The van der Waals surface area contributed by atoms with Crippen LogP contribution in [0.2, 0.25) is 0 Å². The van der Waals surface area contributed by atoms with Crippen molar-refractivity contribution >= 4 is 15.7 Å². The summed E-state index contributed by atoms with van der Waals surface area (Å²) in [7, 11) is 14.3. The van der Waals surface area contributed by atoms with Crippen molar-refractivity contribution in [2.24, 2.45) is 46.3 Å². The highest BCUT2D eigenvalue weighted by molar-refractivity contribution is 6.39. The molecule has 0 N–H and O–H groups in total. The molecular formula is C28H42B2N2O3. The number of hydrogen-bond donors (Lipinski definition) is 0. The molecule has 1 aromatic heterocycles. The zero-order chi connectivity index (χ0) is 24.5. The van der Waals surface area contributed by atoms with Crippen LogP contribution in [0.3, 0.4) is 0 Å². The lowest BCUT2D eigenvalue weighted by atomic mass is 9.42. The van der Waals surface area contributed by atoms with Crippen molar-refractivity contribution < 1.29 is 14.2 Å². The monoisotopic (exact) mass is 476 g/mol. The maximum Gasteiger partial charge on any atom is 0.189 e. The molecule has 2 heterocycles. The highest BCUT2D eigenvalue weighted by atomic mass is 16.7. The summed E-state index contributed by atoms with van der Waals surface area (Å²) in [5, 5.41) is -0.993. The van der Waals surface area contributed by atoms with Gasteiger partial charge < -0.3 is 18.8 Å². The molecule has 0 aromatic carbocycles. The summed E-state index contributed by atoms with van der Waals surface area (Å²) in [6.07, 6.45) is 17.0. The van der Waals surface area contributed by atoms with Crippen LogP contribution >= 0.6 is 0 Å². The van der Waals surface area contributed by atoms with Gasteiger partial charge in [-0.25, -0.2) is 4.98 Å². The normalized spacial score (nSPS) is 45.0. The second kappa shape index (κ2) is 8.63. The molecule has 35 heavy (non-hydrogen) atoms. The molecule has 0 bridgehead atoms. The molecule has 5 nitrogen and oxygen atoms in total. The lowest BCUT2D eigenvalue weighted by Gasteiger charge is -2.62. The van der Waals surface area contributed by atoms with Crippen molar-refractivity contribution in [3.05, 3.63) is 18.7 Å². The first-order valence-electron chi connectivity index (χ1n) is 14.1. The van der Waals surface area contributed by atoms with Crippen LogP contribution in [0.5, 0.6) is 0 Å². The van der Waals surface area contributed by atoms with E-state index in [1.807, 2.05) is 18.7 Å². The van der Waals surface area contributed by atoms with Gasteiger partial charge in [0, 0.05) is 25.4 Å². The third-order valence-corrected chi connectivity index (χ3v) is 11.9. The third-order valence-electron chi connectivity index (χ3n) is 11.9. The Morgan fingerprint density at radius 2 is 1.74 bits per heavy atom. The van der Waals surface area contributed by atoms with Gasteiger partial charge in [-0.15, -0.1) is 0 Å². The number of imidazole rings is 1. The second-order valence-electron chi connectivity index (χ2n) is 13.1. The van der Waals surface area contributed by atoms with Crippen LogP contribution in [0.1, 0.15) is 71.6 Å². The van der Waals surface area contributed by atoms with Gasteiger partial charge in [0.25, 0.3) is 0 Å². The molecule has 0 amide bonds. The molecule has 4 radical (unpaired) electrons. The molecule has 6 rings (SSSR count). The Balaban J connectivity index is 1.23. The van der Waals surface area contributed by atoms with Crippen molar-refractivity contribution in [3.63, 3.8) is 0 Å². The van der Waals surface area contributed by atoms with Gasteiger partial charge in [-0.3, -0.25) is 0 Å². The minimum atomic E-state index is -0.993. The summed E-state index contributed by atoms with van der Waals surface area (Å²) in [4.78, 5) is 4.27. The van der Waals surface area contributed by atoms with E-state index in [0.717, 1.165) is 37.1 Å². The van der Waals surface area contributed by atoms with Crippen LogP contribution in [0.4, 0.5) is 0 Å². The Labute approximate surface area is 214 Å². The van der Waals surface area contributed by atoms with E-state index in [9.17, 15) is 0 Å². The summed E-state index contributed by atoms with van der Waals surface area (Å²) in [6, 6.07) is 0. The van der Waals surface area contributed by atoms with Crippen LogP contribution in [-0.4, -0.2) is 56.8 Å². The van der Waals surface area contributed by atoms with Crippen LogP contribution in [0, 0.1) is 46.3 Å². The molecule has 5 fully saturated rings. The fourth-order valence-electron chi connectivity index (χ4n) is 10.1. The number of rotatable bonds is 5. The predicted molar refractivity (Wildman–Crippen MR) is 137 cm³/mol. The number of aromatic nitrogens is 2. The molecule has 4 aliphatic carbocycles. The van der Waals surface area contributed by atoms with Gasteiger partial charge in [0.15, 0.2) is 5.79 Å². The largest absolute Gasteiger partial charge is 0.397 e. The molecule has 7 heteroatoms. The van der Waals surface area contributed by atoms with E-state index in [-0.39, 0.29) is 11.3 Å². The summed E-state index contributed by atoms with van der Waals surface area (Å²) in [5.74, 6) is 3.27. The van der Waals surface area contributed by atoms with Gasteiger partial charge in [0.1, 0.15) is 0 Å². The molecular weight excluding hydrogens is 434 g/mol. The van der Waals surface area contributed by atoms with Gasteiger partial charge in [0.2, 0.25) is 0 Å². The fraction of sp³-hybridized carbons (Fsp3) is 0.893. The number of nitrogens with zero attached hydrogens (tertiary/aromatic N) is 2. The van der Waals surface area contributed by atoms with E-state index in [1.165, 1.54) is 44.9 Å². The van der Waals surface area contributed by atoms with Gasteiger partial charge >= 0.3 is 0 Å². The summed E-state index contributed by atoms with van der Waals surface area (Å²) in [6.45, 7) is 7.32. The van der Waals surface area contributed by atoms with E-state index in [1.54, 1.807) is 7.11 Å². The van der Waals surface area contributed by atoms with Crippen molar-refractivity contribution in [1.29, 1.82) is 0 Å². The van der Waals surface area contributed by atoms with Gasteiger partial charge in [-0.1, -0.05) is 13.8 Å². The van der Waals surface area contributed by atoms with Crippen molar-refractivity contribution in [1.82, 2.24) is 9.55 Å². The molecule has 1 saturated heterocycles. The molecule has 0 spiro atoms. The van der Waals surface area contributed by atoms with Gasteiger partial charge in [-0.05, 0) is 104 Å². The maximum atomic E-state index is 6.50. The van der Waals surface area contributed by atoms with Crippen LogP contribution in [0.15, 0.2) is 18.7 Å². The second-order valence-corrected chi connectivity index (χ2v) is 13.1. The maximum absolute atomic E-state index is 6.50. The quantitative estimate of drug-likeness (QED) is 0.586. The standard InChI is InChI=1S/C28H42B2N2O3/c1-25-10-8-20(28(29,30)33-3)16-19(25)4-5-21-22-6-7-24(26(22,2)11-9-23(21)25)27(34-14-15-35-27)17-32-13-12-31-18-32/h12-13,18-24H,4-11,14-17H2,1-3H3. The molecule has 188 valence electrons. The number of ether oxygens (including phenoxy) is 3. The highest BCUT2D eigenvalue weighted by Gasteiger charge is 2.65. The SMILES string of the molecule is [B]C([B])(OC)C1CCC2(C)C(CCC3C2CCC2(C)C3CCC2C2(Cn3ccnc3)OCCO2)C1. The smallest absolute Gasteiger partial charge is 0.189 e. The minimum absolute atomic E-state index is 0.256. The van der Waals surface area contributed by atoms with Crippen molar-refractivity contribution in [2.75, 3.05) is 20.3 Å². The van der Waals surface area contributed by atoms with E-state index >= 15 is 0 Å². The first-order valence-corrected chi connectivity index (χ1v) is 14.1. The topological polar surface area (TPSA) is 45.5 Å². The summed E-state index contributed by atoms with van der Waals surface area (Å²) >= 11 is 0. The molecule has 1 aromatic rings. The number of hydrogen-bond acceptors (Lipinski definition) is 4. The molecule has 1 aliphatic heterocycles. The average molecular weight is 476 g/mol. The van der Waals surface area contributed by atoms with Crippen LogP contribution < -0.4 is 0 Å². The van der Waals surface area contributed by atoms with E-state index in [4.69, 9.17) is 29.9 Å². The zero-order valence-electron chi connectivity index (χ0n) is 22.0. The van der Waals surface area contributed by atoms with E-state index < -0.39 is 11.2 Å². The molecule has 4 saturated carbocycles. The minimum Gasteiger partial charge on any atom is -0.397 e. The van der Waals surface area contributed by atoms with Crippen LogP contribution in [0.25, 0.3) is 0 Å². The average Bonchev–Trinajstić information content (AvgIpc) is 3.59. The zero-order valence-corrected chi connectivity index (χ0v) is 22.0. The van der Waals surface area contributed by atoms with Crippen LogP contribution in [-0.2, 0) is 20.8 Å². The molecule has 8 unspecified atom stereocenters. The first-order chi connectivity index (χ1) is 16.7. The van der Waals surface area contributed by atoms with Crippen molar-refractivity contribution in [2.45, 2.75) is 89.4 Å². The lowest BCUT2D eigenvalue weighted by Crippen LogP contribution is -2.57. The summed E-state index contributed by atoms with van der Waals surface area (Å²) in [5.41, 5.74) is 0.670. The lowest BCUT2D eigenvalue weighted by molar-refractivity contribution is -0.237. The Morgan fingerprint density at radius 3 is 2.46 bits per heavy atom. The fourth-order valence-corrected chi connectivity index (χ4v) is 10.1. The highest BCUT2D eigenvalue weighted by Crippen LogP contribution is 2.69.